The highest BCUT2D eigenvalue weighted by molar-refractivity contribution is 5.81. The number of carbonyl (C=O) groups excluding carboxylic acids is 1. The first-order valence-corrected chi connectivity index (χ1v) is 11.5. The van der Waals surface area contributed by atoms with Crippen molar-refractivity contribution in [1.29, 1.82) is 0 Å². The Balaban J connectivity index is 1.51. The van der Waals surface area contributed by atoms with Gasteiger partial charge in [0.2, 0.25) is 5.91 Å². The van der Waals surface area contributed by atoms with E-state index in [-0.39, 0.29) is 18.0 Å². The lowest BCUT2D eigenvalue weighted by Crippen LogP contribution is -2.47. The van der Waals surface area contributed by atoms with Crippen LogP contribution in [0.1, 0.15) is 56.2 Å². The van der Waals surface area contributed by atoms with Crippen LogP contribution in [0.4, 0.5) is 0 Å². The molecule has 2 aliphatic rings. The fourth-order valence-electron chi connectivity index (χ4n) is 4.66. The lowest BCUT2D eigenvalue weighted by Gasteiger charge is -2.27. The standard InChI is InChI=1S/C24H39N5O/c1-5-18-10-12-19(13-11-18)22(28(3)4)16-26-24(25-2)27-21-14-15-29(17-21)23(30)20-8-6-7-9-20/h10-13,20-22H,5-9,14-17H2,1-4H3,(H2,25,26,27). The molecule has 1 amide bonds. The van der Waals surface area contributed by atoms with E-state index in [2.05, 4.69) is 70.7 Å². The van der Waals surface area contributed by atoms with Crippen molar-refractivity contribution in [3.63, 3.8) is 0 Å². The summed E-state index contributed by atoms with van der Waals surface area (Å²) >= 11 is 0. The molecule has 2 N–H and O–H groups in total. The predicted octanol–water partition coefficient (Wildman–Crippen LogP) is 2.81. The Morgan fingerprint density at radius 2 is 1.90 bits per heavy atom. The van der Waals surface area contributed by atoms with Crippen molar-refractivity contribution < 1.29 is 4.79 Å². The number of nitrogens with zero attached hydrogens (tertiary/aromatic N) is 3. The van der Waals surface area contributed by atoms with E-state index in [4.69, 9.17) is 0 Å². The number of aryl methyl sites for hydroxylation is 1. The van der Waals surface area contributed by atoms with Gasteiger partial charge < -0.3 is 20.4 Å². The normalized spacial score (nSPS) is 21.3. The van der Waals surface area contributed by atoms with Crippen LogP contribution in [0.15, 0.2) is 29.3 Å². The van der Waals surface area contributed by atoms with Gasteiger partial charge in [-0.25, -0.2) is 0 Å². The van der Waals surface area contributed by atoms with Crippen LogP contribution in [0.25, 0.3) is 0 Å². The summed E-state index contributed by atoms with van der Waals surface area (Å²) in [5.74, 6) is 1.44. The fraction of sp³-hybridized carbons (Fsp3) is 0.667. The van der Waals surface area contributed by atoms with Crippen LogP contribution in [0.2, 0.25) is 0 Å². The molecule has 2 fully saturated rings. The molecule has 0 radical (unpaired) electrons. The molecule has 1 saturated carbocycles. The molecule has 6 nitrogen and oxygen atoms in total. The third-order valence-corrected chi connectivity index (χ3v) is 6.63. The van der Waals surface area contributed by atoms with Gasteiger partial charge in [0.15, 0.2) is 5.96 Å². The van der Waals surface area contributed by atoms with Crippen molar-refractivity contribution in [1.82, 2.24) is 20.4 Å². The summed E-state index contributed by atoms with van der Waals surface area (Å²) in [6.45, 7) is 4.59. The van der Waals surface area contributed by atoms with E-state index in [0.717, 1.165) is 51.3 Å². The number of benzene rings is 1. The van der Waals surface area contributed by atoms with Crippen LogP contribution in [0, 0.1) is 5.92 Å². The van der Waals surface area contributed by atoms with Crippen LogP contribution >= 0.6 is 0 Å². The fourth-order valence-corrected chi connectivity index (χ4v) is 4.66. The van der Waals surface area contributed by atoms with Gasteiger partial charge in [0, 0.05) is 38.6 Å². The van der Waals surface area contributed by atoms with Gasteiger partial charge in [-0.1, -0.05) is 44.0 Å². The summed E-state index contributed by atoms with van der Waals surface area (Å²) in [5, 5.41) is 7.03. The van der Waals surface area contributed by atoms with E-state index in [1.54, 1.807) is 0 Å². The van der Waals surface area contributed by atoms with Gasteiger partial charge >= 0.3 is 0 Å². The molecule has 2 unspecified atom stereocenters. The second kappa shape index (κ2) is 10.8. The molecule has 166 valence electrons. The number of carbonyl (C=O) groups is 1. The third kappa shape index (κ3) is 5.75. The first kappa shape index (κ1) is 22.6. The molecule has 3 rings (SSSR count). The largest absolute Gasteiger partial charge is 0.354 e. The van der Waals surface area contributed by atoms with Gasteiger partial charge in [0.1, 0.15) is 0 Å². The number of nitrogens with one attached hydrogen (secondary N) is 2. The number of guanidine groups is 1. The van der Waals surface area contributed by atoms with Gasteiger partial charge in [-0.05, 0) is 50.9 Å². The Bertz CT molecular complexity index is 709. The Hall–Kier alpha value is -2.08. The molecule has 1 aliphatic carbocycles. The van der Waals surface area contributed by atoms with Gasteiger partial charge in [0.25, 0.3) is 0 Å². The zero-order chi connectivity index (χ0) is 21.5. The summed E-state index contributed by atoms with van der Waals surface area (Å²) in [6.07, 6.45) is 6.59. The molecule has 2 atom stereocenters. The SMILES string of the molecule is CCc1ccc(C(CNC(=NC)NC2CCN(C(=O)C3CCCC3)C2)N(C)C)cc1. The van der Waals surface area contributed by atoms with E-state index in [9.17, 15) is 4.79 Å². The predicted molar refractivity (Wildman–Crippen MR) is 124 cm³/mol. The van der Waals surface area contributed by atoms with Crippen LogP contribution < -0.4 is 10.6 Å². The van der Waals surface area contributed by atoms with Crippen molar-refractivity contribution in [3.05, 3.63) is 35.4 Å². The minimum absolute atomic E-state index is 0.262. The number of rotatable bonds is 7. The average molecular weight is 414 g/mol. The second-order valence-corrected chi connectivity index (χ2v) is 8.92. The molecule has 1 aliphatic heterocycles. The topological polar surface area (TPSA) is 60.0 Å². The number of aliphatic imine (C=N–C) groups is 1. The van der Waals surface area contributed by atoms with Crippen molar-refractivity contribution in [2.75, 3.05) is 40.8 Å². The lowest BCUT2D eigenvalue weighted by molar-refractivity contribution is -0.134. The molecular formula is C24H39N5O. The minimum Gasteiger partial charge on any atom is -0.354 e. The maximum atomic E-state index is 12.7. The van der Waals surface area contributed by atoms with Crippen LogP contribution in [0.5, 0.6) is 0 Å². The monoisotopic (exact) mass is 413 g/mol. The highest BCUT2D eigenvalue weighted by Crippen LogP contribution is 2.27. The maximum Gasteiger partial charge on any atom is 0.225 e. The van der Waals surface area contributed by atoms with Crippen LogP contribution in [-0.4, -0.2) is 68.5 Å². The first-order valence-electron chi connectivity index (χ1n) is 11.5. The summed E-state index contributed by atoms with van der Waals surface area (Å²) in [5.41, 5.74) is 2.66. The van der Waals surface area contributed by atoms with Crippen LogP contribution in [-0.2, 0) is 11.2 Å². The minimum atomic E-state index is 0.262. The van der Waals surface area contributed by atoms with E-state index in [1.807, 2.05) is 7.05 Å². The summed E-state index contributed by atoms with van der Waals surface area (Å²) in [4.78, 5) is 21.4. The summed E-state index contributed by atoms with van der Waals surface area (Å²) in [7, 11) is 6.03. The highest BCUT2D eigenvalue weighted by Gasteiger charge is 2.32. The van der Waals surface area contributed by atoms with Crippen molar-refractivity contribution in [2.45, 2.75) is 57.5 Å². The van der Waals surface area contributed by atoms with E-state index in [1.165, 1.54) is 24.0 Å². The Kier molecular flexibility index (Phi) is 8.14. The summed E-state index contributed by atoms with van der Waals surface area (Å²) in [6, 6.07) is 9.41. The average Bonchev–Trinajstić information content (AvgIpc) is 3.45. The molecule has 1 aromatic carbocycles. The van der Waals surface area contributed by atoms with E-state index in [0.29, 0.717) is 5.91 Å². The number of likely N-dealkylation sites (tertiary alicyclic amines) is 1. The molecule has 0 spiro atoms. The highest BCUT2D eigenvalue weighted by atomic mass is 16.2. The van der Waals surface area contributed by atoms with Gasteiger partial charge in [0.05, 0.1) is 6.04 Å². The van der Waals surface area contributed by atoms with Crippen molar-refractivity contribution >= 4 is 11.9 Å². The summed E-state index contributed by atoms with van der Waals surface area (Å²) < 4.78 is 0. The smallest absolute Gasteiger partial charge is 0.225 e. The molecule has 30 heavy (non-hydrogen) atoms. The molecule has 0 aromatic heterocycles. The van der Waals surface area contributed by atoms with E-state index >= 15 is 0 Å². The maximum absolute atomic E-state index is 12.7. The molecule has 1 aromatic rings. The van der Waals surface area contributed by atoms with Crippen molar-refractivity contribution in [2.24, 2.45) is 10.9 Å². The second-order valence-electron chi connectivity index (χ2n) is 8.92. The van der Waals surface area contributed by atoms with Gasteiger partial charge in [-0.2, -0.15) is 0 Å². The number of hydrogen-bond acceptors (Lipinski definition) is 3. The Morgan fingerprint density at radius 3 is 2.50 bits per heavy atom. The van der Waals surface area contributed by atoms with E-state index < -0.39 is 0 Å². The first-order chi connectivity index (χ1) is 14.5. The number of hydrogen-bond donors (Lipinski definition) is 2. The zero-order valence-corrected chi connectivity index (χ0v) is 19.2. The van der Waals surface area contributed by atoms with Crippen molar-refractivity contribution in [3.8, 4) is 0 Å². The molecule has 1 heterocycles. The Labute approximate surface area is 182 Å². The molecule has 0 bridgehead atoms. The van der Waals surface area contributed by atoms with Gasteiger partial charge in [-0.3, -0.25) is 9.79 Å². The van der Waals surface area contributed by atoms with Gasteiger partial charge in [-0.15, -0.1) is 0 Å². The zero-order valence-electron chi connectivity index (χ0n) is 19.2. The third-order valence-electron chi connectivity index (χ3n) is 6.63. The lowest BCUT2D eigenvalue weighted by atomic mass is 10.0. The Morgan fingerprint density at radius 1 is 1.20 bits per heavy atom. The van der Waals surface area contributed by atoms with Crippen LogP contribution in [0.3, 0.4) is 0 Å². The quantitative estimate of drug-likeness (QED) is 0.533. The number of amides is 1. The number of likely N-dealkylation sites (N-methyl/N-ethyl adjacent to an activating group) is 1. The molecule has 6 heteroatoms. The molecule has 1 saturated heterocycles. The molecular weight excluding hydrogens is 374 g/mol.